The number of hydrogen-bond acceptors (Lipinski definition) is 4. The van der Waals surface area contributed by atoms with Gasteiger partial charge in [0.25, 0.3) is 0 Å². The van der Waals surface area contributed by atoms with E-state index in [1.165, 1.54) is 12.8 Å². The molecule has 0 saturated heterocycles. The van der Waals surface area contributed by atoms with Crippen molar-refractivity contribution in [1.29, 1.82) is 0 Å². The van der Waals surface area contributed by atoms with Gasteiger partial charge in [-0.25, -0.2) is 13.1 Å². The van der Waals surface area contributed by atoms with Gasteiger partial charge in [-0.3, -0.25) is 0 Å². The molecule has 1 fully saturated rings. The van der Waals surface area contributed by atoms with Crippen LogP contribution in [0.1, 0.15) is 32.1 Å². The molecule has 0 unspecified atom stereocenters. The Morgan fingerprint density at radius 1 is 1.21 bits per heavy atom. The number of rotatable bonds is 7. The van der Waals surface area contributed by atoms with Crippen LogP contribution in [0, 0.1) is 0 Å². The Balaban J connectivity index is 0.00000288. The summed E-state index contributed by atoms with van der Waals surface area (Å²) in [6.45, 7) is 0.797. The van der Waals surface area contributed by atoms with Crippen molar-refractivity contribution in [1.82, 2.24) is 10.0 Å². The van der Waals surface area contributed by atoms with Gasteiger partial charge in [0.15, 0.2) is 5.11 Å². The molecule has 1 aliphatic carbocycles. The summed E-state index contributed by atoms with van der Waals surface area (Å²) < 4.78 is 26.6. The highest BCUT2D eigenvalue weighted by molar-refractivity contribution is 7.89. The van der Waals surface area contributed by atoms with Gasteiger partial charge in [0.05, 0.1) is 4.90 Å². The van der Waals surface area contributed by atoms with E-state index in [0.29, 0.717) is 30.7 Å². The monoisotopic (exact) mass is 392 g/mol. The van der Waals surface area contributed by atoms with Crippen LogP contribution in [-0.4, -0.2) is 32.7 Å². The smallest absolute Gasteiger partial charge is 0.240 e. The molecule has 9 heteroatoms. The van der Waals surface area contributed by atoms with Crippen LogP contribution in [0.3, 0.4) is 0 Å². The first-order valence-electron chi connectivity index (χ1n) is 7.88. The molecule has 0 bridgehead atoms. The van der Waals surface area contributed by atoms with E-state index in [1.807, 2.05) is 0 Å². The number of anilines is 1. The van der Waals surface area contributed by atoms with Crippen molar-refractivity contribution < 1.29 is 8.42 Å². The maximum absolute atomic E-state index is 12.1. The second kappa shape index (κ2) is 10.1. The van der Waals surface area contributed by atoms with E-state index in [-0.39, 0.29) is 17.3 Å². The van der Waals surface area contributed by atoms with Gasteiger partial charge in [0.2, 0.25) is 10.0 Å². The molecule has 0 radical (unpaired) electrons. The third kappa shape index (κ3) is 6.52. The van der Waals surface area contributed by atoms with Crippen molar-refractivity contribution in [2.24, 2.45) is 5.73 Å². The minimum absolute atomic E-state index is 0. The normalized spacial score (nSPS) is 14.9. The van der Waals surface area contributed by atoms with Crippen LogP contribution in [0.15, 0.2) is 29.2 Å². The zero-order valence-corrected chi connectivity index (χ0v) is 15.9. The Morgan fingerprint density at radius 3 is 2.42 bits per heavy atom. The number of nitrogens with one attached hydrogen (secondary N) is 3. The van der Waals surface area contributed by atoms with Crippen LogP contribution < -0.4 is 21.1 Å². The molecule has 24 heavy (non-hydrogen) atoms. The molecule has 1 saturated carbocycles. The van der Waals surface area contributed by atoms with Gasteiger partial charge in [-0.05, 0) is 62.3 Å². The number of thiocarbonyl (C=S) groups is 1. The van der Waals surface area contributed by atoms with Crippen LogP contribution in [0.25, 0.3) is 0 Å². The molecule has 6 nitrogen and oxygen atoms in total. The molecule has 0 amide bonds. The molecular weight excluding hydrogens is 368 g/mol. The zero-order valence-electron chi connectivity index (χ0n) is 13.5. The van der Waals surface area contributed by atoms with Crippen molar-refractivity contribution in [2.45, 2.75) is 43.0 Å². The first-order chi connectivity index (χ1) is 11.0. The second-order valence-corrected chi connectivity index (χ2v) is 7.82. The number of hydrogen-bond donors (Lipinski definition) is 4. The average Bonchev–Trinajstić information content (AvgIpc) is 3.00. The molecule has 0 spiro atoms. The second-order valence-electron chi connectivity index (χ2n) is 5.64. The Bertz CT molecular complexity index is 617. The minimum Gasteiger partial charge on any atom is -0.360 e. The lowest BCUT2D eigenvalue weighted by atomic mass is 10.2. The molecule has 0 atom stereocenters. The lowest BCUT2D eigenvalue weighted by Gasteiger charge is -2.16. The maximum Gasteiger partial charge on any atom is 0.240 e. The Labute approximate surface area is 155 Å². The summed E-state index contributed by atoms with van der Waals surface area (Å²) in [6.07, 6.45) is 5.38. The van der Waals surface area contributed by atoms with Crippen molar-refractivity contribution in [2.75, 3.05) is 18.4 Å². The summed E-state index contributed by atoms with van der Waals surface area (Å²) in [5.74, 6) is 0. The fourth-order valence-electron chi connectivity index (χ4n) is 2.53. The molecular formula is C15H25ClN4O2S2. The topological polar surface area (TPSA) is 96.2 Å². The van der Waals surface area contributed by atoms with E-state index in [4.69, 9.17) is 18.0 Å². The summed E-state index contributed by atoms with van der Waals surface area (Å²) in [5, 5.41) is 6.95. The van der Waals surface area contributed by atoms with E-state index in [2.05, 4.69) is 15.4 Å². The zero-order chi connectivity index (χ0) is 16.7. The molecule has 1 aromatic rings. The number of sulfonamides is 1. The van der Waals surface area contributed by atoms with Crippen LogP contribution >= 0.6 is 24.6 Å². The first kappa shape index (κ1) is 21.1. The lowest BCUT2D eigenvalue weighted by Crippen LogP contribution is -2.35. The standard InChI is InChI=1S/C15H24N4O2S2.ClH/c16-10-3-11-17-23(20,21)14-8-6-13(7-9-14)19-15(22)18-12-4-1-2-5-12;/h6-9,12,17H,1-5,10-11,16H2,(H2,18,19,22);1H. The van der Waals surface area contributed by atoms with Crippen molar-refractivity contribution in [3.05, 3.63) is 24.3 Å². The third-order valence-electron chi connectivity index (χ3n) is 3.79. The number of halogens is 1. The molecule has 1 aromatic carbocycles. The molecule has 136 valence electrons. The van der Waals surface area contributed by atoms with Gasteiger partial charge in [-0.1, -0.05) is 12.8 Å². The van der Waals surface area contributed by atoms with Gasteiger partial charge in [-0.15, -0.1) is 12.4 Å². The van der Waals surface area contributed by atoms with Gasteiger partial charge < -0.3 is 16.4 Å². The quantitative estimate of drug-likeness (QED) is 0.418. The van der Waals surface area contributed by atoms with Gasteiger partial charge in [-0.2, -0.15) is 0 Å². The van der Waals surface area contributed by atoms with Gasteiger partial charge in [0, 0.05) is 18.3 Å². The highest BCUT2D eigenvalue weighted by Crippen LogP contribution is 2.18. The van der Waals surface area contributed by atoms with E-state index >= 15 is 0 Å². The highest BCUT2D eigenvalue weighted by atomic mass is 35.5. The molecule has 1 aliphatic rings. The Kier molecular flexibility index (Phi) is 8.93. The van der Waals surface area contributed by atoms with E-state index in [0.717, 1.165) is 18.5 Å². The van der Waals surface area contributed by atoms with Crippen molar-refractivity contribution in [3.63, 3.8) is 0 Å². The van der Waals surface area contributed by atoms with E-state index in [1.54, 1.807) is 24.3 Å². The molecule has 2 rings (SSSR count). The predicted molar refractivity (Wildman–Crippen MR) is 104 cm³/mol. The third-order valence-corrected chi connectivity index (χ3v) is 5.48. The lowest BCUT2D eigenvalue weighted by molar-refractivity contribution is 0.579. The highest BCUT2D eigenvalue weighted by Gasteiger charge is 2.16. The number of benzene rings is 1. The molecule has 0 heterocycles. The molecule has 0 aromatic heterocycles. The number of nitrogens with two attached hydrogens (primary N) is 1. The van der Waals surface area contributed by atoms with Gasteiger partial charge >= 0.3 is 0 Å². The summed E-state index contributed by atoms with van der Waals surface area (Å²) in [7, 11) is -3.48. The SMILES string of the molecule is Cl.NCCCNS(=O)(=O)c1ccc(NC(=S)NC2CCCC2)cc1. The van der Waals surface area contributed by atoms with Crippen molar-refractivity contribution >= 4 is 45.4 Å². The van der Waals surface area contributed by atoms with Gasteiger partial charge in [0.1, 0.15) is 0 Å². The van der Waals surface area contributed by atoms with E-state index in [9.17, 15) is 8.42 Å². The minimum atomic E-state index is -3.48. The molecule has 0 aliphatic heterocycles. The summed E-state index contributed by atoms with van der Waals surface area (Å²) in [5.41, 5.74) is 6.13. The van der Waals surface area contributed by atoms with E-state index < -0.39 is 10.0 Å². The van der Waals surface area contributed by atoms with Crippen LogP contribution in [0.4, 0.5) is 5.69 Å². The maximum atomic E-state index is 12.1. The summed E-state index contributed by atoms with van der Waals surface area (Å²) in [4.78, 5) is 0.231. The summed E-state index contributed by atoms with van der Waals surface area (Å²) in [6, 6.07) is 6.98. The Hall–Kier alpha value is -0.930. The Morgan fingerprint density at radius 2 is 1.83 bits per heavy atom. The van der Waals surface area contributed by atoms with Crippen LogP contribution in [-0.2, 0) is 10.0 Å². The predicted octanol–water partition coefficient (Wildman–Crippen LogP) is 1.96. The largest absolute Gasteiger partial charge is 0.360 e. The van der Waals surface area contributed by atoms with Crippen LogP contribution in [0.5, 0.6) is 0 Å². The molecule has 5 N–H and O–H groups in total. The fraction of sp³-hybridized carbons (Fsp3) is 0.533. The summed E-state index contributed by atoms with van der Waals surface area (Å²) >= 11 is 5.28. The first-order valence-corrected chi connectivity index (χ1v) is 9.78. The average molecular weight is 393 g/mol. The van der Waals surface area contributed by atoms with Crippen LogP contribution in [0.2, 0.25) is 0 Å². The fourth-order valence-corrected chi connectivity index (χ4v) is 3.89. The van der Waals surface area contributed by atoms with Crippen molar-refractivity contribution in [3.8, 4) is 0 Å².